The van der Waals surface area contributed by atoms with Gasteiger partial charge in [0.05, 0.1) is 0 Å². The first-order valence-electron chi connectivity index (χ1n) is 7.37. The molecule has 0 spiro atoms. The maximum absolute atomic E-state index is 12.3. The molecule has 2 N–H and O–H groups in total. The van der Waals surface area contributed by atoms with Crippen LogP contribution in [0.15, 0.2) is 30.3 Å². The predicted molar refractivity (Wildman–Crippen MR) is 82.9 cm³/mol. The highest BCUT2D eigenvalue weighted by atomic mass is 16.2. The lowest BCUT2D eigenvalue weighted by molar-refractivity contribution is -0.131. The van der Waals surface area contributed by atoms with Crippen LogP contribution in [0.5, 0.6) is 0 Å². The van der Waals surface area contributed by atoms with Crippen molar-refractivity contribution >= 4 is 11.6 Å². The van der Waals surface area contributed by atoms with E-state index < -0.39 is 0 Å². The Bertz CT molecular complexity index is 427. The van der Waals surface area contributed by atoms with Crippen LogP contribution in [-0.4, -0.2) is 39.1 Å². The Morgan fingerprint density at radius 2 is 1.95 bits per heavy atom. The molecule has 1 aromatic rings. The number of carbonyl (C=O) groups is 1. The number of hydrogen-bond donors (Lipinski definition) is 2. The molecule has 4 heteroatoms. The second-order valence-electron chi connectivity index (χ2n) is 5.82. The molecule has 1 aliphatic rings. The van der Waals surface area contributed by atoms with E-state index in [1.165, 1.54) is 5.69 Å². The number of para-hydroxylation sites is 1. The average molecular weight is 275 g/mol. The number of carbonyl (C=O) groups excluding carboxylic acids is 1. The van der Waals surface area contributed by atoms with Gasteiger partial charge in [-0.05, 0) is 38.1 Å². The summed E-state index contributed by atoms with van der Waals surface area (Å²) >= 11 is 0. The Morgan fingerprint density at radius 3 is 2.60 bits per heavy atom. The Morgan fingerprint density at radius 1 is 1.30 bits per heavy atom. The molecule has 0 bridgehead atoms. The van der Waals surface area contributed by atoms with Gasteiger partial charge in [0, 0.05) is 31.2 Å². The van der Waals surface area contributed by atoms with Crippen LogP contribution in [0.2, 0.25) is 0 Å². The molecule has 1 aromatic carbocycles. The van der Waals surface area contributed by atoms with Crippen LogP contribution in [-0.2, 0) is 4.79 Å². The van der Waals surface area contributed by atoms with E-state index in [1.54, 1.807) is 0 Å². The molecule has 0 aromatic heterocycles. The van der Waals surface area contributed by atoms with Crippen molar-refractivity contribution in [2.24, 2.45) is 5.41 Å². The molecule has 20 heavy (non-hydrogen) atoms. The third kappa shape index (κ3) is 3.73. The summed E-state index contributed by atoms with van der Waals surface area (Å²) in [5.41, 5.74) is 0.978. The molecule has 4 nitrogen and oxygen atoms in total. The van der Waals surface area contributed by atoms with Crippen LogP contribution in [0.3, 0.4) is 0 Å². The van der Waals surface area contributed by atoms with Crippen molar-refractivity contribution in [2.75, 3.05) is 38.1 Å². The van der Waals surface area contributed by atoms with Crippen molar-refractivity contribution in [1.29, 1.82) is 0 Å². The molecule has 0 radical (unpaired) electrons. The molecule has 0 saturated carbocycles. The number of nitrogens with one attached hydrogen (secondary N) is 2. The second-order valence-corrected chi connectivity index (χ2v) is 5.82. The molecule has 1 saturated heterocycles. The zero-order valence-corrected chi connectivity index (χ0v) is 12.5. The Balaban J connectivity index is 1.76. The number of rotatable bonds is 5. The van der Waals surface area contributed by atoms with E-state index in [-0.39, 0.29) is 11.3 Å². The molecule has 1 amide bonds. The van der Waals surface area contributed by atoms with Crippen molar-refractivity contribution in [2.45, 2.75) is 19.8 Å². The molecular formula is C16H25N3O. The topological polar surface area (TPSA) is 44.4 Å². The zero-order valence-electron chi connectivity index (χ0n) is 12.5. The summed E-state index contributed by atoms with van der Waals surface area (Å²) in [6, 6.07) is 10.2. The summed E-state index contributed by atoms with van der Waals surface area (Å²) in [4.78, 5) is 14.4. The SMILES string of the molecule is CN(CCNC(=O)C1(C)CCNCC1)c1ccccc1. The van der Waals surface area contributed by atoms with Crippen LogP contribution in [0.1, 0.15) is 19.8 Å². The first-order valence-corrected chi connectivity index (χ1v) is 7.37. The van der Waals surface area contributed by atoms with Crippen molar-refractivity contribution in [3.05, 3.63) is 30.3 Å². The fourth-order valence-corrected chi connectivity index (χ4v) is 2.57. The Kier molecular flexibility index (Phi) is 5.01. The van der Waals surface area contributed by atoms with E-state index in [0.717, 1.165) is 32.5 Å². The molecule has 0 atom stereocenters. The van der Waals surface area contributed by atoms with Crippen molar-refractivity contribution < 1.29 is 4.79 Å². The van der Waals surface area contributed by atoms with Crippen LogP contribution >= 0.6 is 0 Å². The van der Waals surface area contributed by atoms with Gasteiger partial charge in [-0.15, -0.1) is 0 Å². The van der Waals surface area contributed by atoms with Gasteiger partial charge < -0.3 is 15.5 Å². The number of hydrogen-bond acceptors (Lipinski definition) is 3. The first-order chi connectivity index (χ1) is 9.62. The van der Waals surface area contributed by atoms with Gasteiger partial charge in [0.15, 0.2) is 0 Å². The molecule has 110 valence electrons. The lowest BCUT2D eigenvalue weighted by atomic mass is 9.80. The lowest BCUT2D eigenvalue weighted by Crippen LogP contribution is -2.47. The van der Waals surface area contributed by atoms with E-state index in [2.05, 4.69) is 34.6 Å². The molecule has 0 aliphatic carbocycles. The van der Waals surface area contributed by atoms with Crippen molar-refractivity contribution in [3.63, 3.8) is 0 Å². The third-order valence-corrected chi connectivity index (χ3v) is 4.19. The molecule has 2 rings (SSSR count). The largest absolute Gasteiger partial charge is 0.373 e. The van der Waals surface area contributed by atoms with Crippen LogP contribution in [0.25, 0.3) is 0 Å². The Labute approximate surface area is 121 Å². The second kappa shape index (κ2) is 6.75. The fraction of sp³-hybridized carbons (Fsp3) is 0.562. The minimum Gasteiger partial charge on any atom is -0.373 e. The van der Waals surface area contributed by atoms with Gasteiger partial charge in [-0.1, -0.05) is 25.1 Å². The van der Waals surface area contributed by atoms with Gasteiger partial charge in [-0.3, -0.25) is 4.79 Å². The fourth-order valence-electron chi connectivity index (χ4n) is 2.57. The summed E-state index contributed by atoms with van der Waals surface area (Å²) in [6.45, 7) is 5.46. The molecule has 1 aliphatic heterocycles. The molecular weight excluding hydrogens is 250 g/mol. The Hall–Kier alpha value is -1.55. The van der Waals surface area contributed by atoms with E-state index in [4.69, 9.17) is 0 Å². The quantitative estimate of drug-likeness (QED) is 0.858. The van der Waals surface area contributed by atoms with E-state index in [1.807, 2.05) is 25.2 Å². The zero-order chi connectivity index (χ0) is 14.4. The van der Waals surface area contributed by atoms with Crippen LogP contribution < -0.4 is 15.5 Å². The van der Waals surface area contributed by atoms with Gasteiger partial charge in [0.1, 0.15) is 0 Å². The summed E-state index contributed by atoms with van der Waals surface area (Å²) in [5, 5.41) is 6.39. The third-order valence-electron chi connectivity index (χ3n) is 4.19. The first kappa shape index (κ1) is 14.9. The van der Waals surface area contributed by atoms with Gasteiger partial charge in [-0.2, -0.15) is 0 Å². The highest BCUT2D eigenvalue weighted by Crippen LogP contribution is 2.27. The maximum atomic E-state index is 12.3. The molecule has 1 fully saturated rings. The van der Waals surface area contributed by atoms with Crippen LogP contribution in [0, 0.1) is 5.41 Å². The normalized spacial score (nSPS) is 17.5. The standard InChI is InChI=1S/C16H25N3O/c1-16(8-10-17-11-9-16)15(20)18-12-13-19(2)14-6-4-3-5-7-14/h3-7,17H,8-13H2,1-2H3,(H,18,20). The summed E-state index contributed by atoms with van der Waals surface area (Å²) in [5.74, 6) is 0.195. The molecule has 1 heterocycles. The van der Waals surface area contributed by atoms with E-state index in [0.29, 0.717) is 6.54 Å². The smallest absolute Gasteiger partial charge is 0.226 e. The van der Waals surface area contributed by atoms with Crippen molar-refractivity contribution in [1.82, 2.24) is 10.6 Å². The summed E-state index contributed by atoms with van der Waals surface area (Å²) in [6.07, 6.45) is 1.85. The minimum atomic E-state index is -0.198. The average Bonchev–Trinajstić information content (AvgIpc) is 2.48. The van der Waals surface area contributed by atoms with E-state index in [9.17, 15) is 4.79 Å². The van der Waals surface area contributed by atoms with Crippen LogP contribution in [0.4, 0.5) is 5.69 Å². The number of benzene rings is 1. The number of anilines is 1. The maximum Gasteiger partial charge on any atom is 0.226 e. The minimum absolute atomic E-state index is 0.195. The summed E-state index contributed by atoms with van der Waals surface area (Å²) < 4.78 is 0. The van der Waals surface area contributed by atoms with Gasteiger partial charge in [0.25, 0.3) is 0 Å². The monoisotopic (exact) mass is 275 g/mol. The molecule has 0 unspecified atom stereocenters. The van der Waals surface area contributed by atoms with Gasteiger partial charge in [0.2, 0.25) is 5.91 Å². The number of likely N-dealkylation sites (N-methyl/N-ethyl adjacent to an activating group) is 1. The number of nitrogens with zero attached hydrogens (tertiary/aromatic N) is 1. The number of amides is 1. The highest BCUT2D eigenvalue weighted by Gasteiger charge is 2.34. The lowest BCUT2D eigenvalue weighted by Gasteiger charge is -2.32. The number of piperidine rings is 1. The highest BCUT2D eigenvalue weighted by molar-refractivity contribution is 5.82. The van der Waals surface area contributed by atoms with E-state index >= 15 is 0 Å². The van der Waals surface area contributed by atoms with Crippen molar-refractivity contribution in [3.8, 4) is 0 Å². The predicted octanol–water partition coefficient (Wildman–Crippen LogP) is 1.63. The summed E-state index contributed by atoms with van der Waals surface area (Å²) in [7, 11) is 2.05. The van der Waals surface area contributed by atoms with Gasteiger partial charge in [-0.25, -0.2) is 0 Å². The van der Waals surface area contributed by atoms with Gasteiger partial charge >= 0.3 is 0 Å².